The van der Waals surface area contributed by atoms with Crippen molar-refractivity contribution in [2.75, 3.05) is 0 Å². The molecule has 0 aliphatic rings. The van der Waals surface area contributed by atoms with Gasteiger partial charge in [-0.2, -0.15) is 0 Å². The number of rotatable bonds is 2. The van der Waals surface area contributed by atoms with E-state index in [2.05, 4.69) is 117 Å². The molecule has 8 heteroatoms. The second kappa shape index (κ2) is 9.12. The summed E-state index contributed by atoms with van der Waals surface area (Å²) >= 11 is 0. The highest BCUT2D eigenvalue weighted by Gasteiger charge is 2.23. The van der Waals surface area contributed by atoms with E-state index < -0.39 is 0 Å². The van der Waals surface area contributed by atoms with Crippen molar-refractivity contribution < 1.29 is 0 Å². The van der Waals surface area contributed by atoms with Crippen molar-refractivity contribution in [2.24, 2.45) is 0 Å². The largest absolute Gasteiger partial charge is 0.309 e. The minimum absolute atomic E-state index is 0.650. The first-order valence-electron chi connectivity index (χ1n) is 15.2. The van der Waals surface area contributed by atoms with E-state index in [1.807, 2.05) is 6.20 Å². The van der Waals surface area contributed by atoms with E-state index in [0.29, 0.717) is 38.9 Å². The van der Waals surface area contributed by atoms with Gasteiger partial charge in [-0.15, -0.1) is 0 Å². The number of hydrogen-bond donors (Lipinski definition) is 0. The Morgan fingerprint density at radius 1 is 0.500 bits per heavy atom. The van der Waals surface area contributed by atoms with E-state index in [-0.39, 0.29) is 0 Å². The summed E-state index contributed by atoms with van der Waals surface area (Å²) < 4.78 is 4.65. The molecule has 0 saturated carbocycles. The first-order valence-corrected chi connectivity index (χ1v) is 15.2. The second-order valence-electron chi connectivity index (χ2n) is 11.7. The standard InChI is InChI=1S/C38H24N8/c1-21-9-8-13-24-26-19-28-30(25-12-6-7-14-27(25)45(28)23-10-4-3-5-11-23)22(2)38(26)46(37(21)24)29-20-43-35-33-31(39-15-16-41-33)32-34(36(35)44-29)42-18-17-40-32/h3-20H,1-2H3. The van der Waals surface area contributed by atoms with E-state index in [1.165, 1.54) is 38.1 Å². The first kappa shape index (κ1) is 25.1. The maximum absolute atomic E-state index is 5.30. The van der Waals surface area contributed by atoms with E-state index in [9.17, 15) is 0 Å². The molecule has 0 aliphatic carbocycles. The zero-order chi connectivity index (χ0) is 30.5. The molecule has 0 bridgehead atoms. The average Bonchev–Trinajstić information content (AvgIpc) is 3.63. The Morgan fingerprint density at radius 3 is 1.87 bits per heavy atom. The molecule has 10 aromatic rings. The molecule has 10 rings (SSSR count). The maximum atomic E-state index is 5.30. The van der Waals surface area contributed by atoms with Crippen molar-refractivity contribution in [1.29, 1.82) is 0 Å². The minimum Gasteiger partial charge on any atom is -0.309 e. The number of para-hydroxylation sites is 3. The summed E-state index contributed by atoms with van der Waals surface area (Å²) in [5.74, 6) is 0.714. The third kappa shape index (κ3) is 3.22. The molecule has 0 N–H and O–H groups in total. The van der Waals surface area contributed by atoms with E-state index in [4.69, 9.17) is 15.0 Å². The SMILES string of the molecule is Cc1cccc2c3cc4c(c(C)c3n(-c3cnc5c6nccnc6c6nccnc6c5n3)c12)c1ccccc1n4-c1ccccc1. The van der Waals surface area contributed by atoms with E-state index in [0.717, 1.165) is 22.3 Å². The Labute approximate surface area is 261 Å². The molecule has 0 radical (unpaired) electrons. The Balaban J connectivity index is 1.39. The topological polar surface area (TPSA) is 87.2 Å². The van der Waals surface area contributed by atoms with Crippen molar-refractivity contribution in [2.45, 2.75) is 13.8 Å². The summed E-state index contributed by atoms with van der Waals surface area (Å²) in [6.45, 7) is 4.39. The van der Waals surface area contributed by atoms with Gasteiger partial charge in [-0.25, -0.2) is 9.97 Å². The molecular formula is C38H24N8. The van der Waals surface area contributed by atoms with Gasteiger partial charge in [0, 0.05) is 52.0 Å². The molecule has 0 fully saturated rings. The van der Waals surface area contributed by atoms with E-state index in [1.54, 1.807) is 24.8 Å². The number of hydrogen-bond acceptors (Lipinski definition) is 6. The predicted molar refractivity (Wildman–Crippen MR) is 184 cm³/mol. The Bertz CT molecular complexity index is 2850. The summed E-state index contributed by atoms with van der Waals surface area (Å²) in [4.78, 5) is 28.8. The highest BCUT2D eigenvalue weighted by atomic mass is 15.1. The molecule has 0 spiro atoms. The lowest BCUT2D eigenvalue weighted by Gasteiger charge is -2.13. The fourth-order valence-corrected chi connectivity index (χ4v) is 7.37. The van der Waals surface area contributed by atoms with Gasteiger partial charge in [-0.3, -0.25) is 24.5 Å². The molecule has 0 atom stereocenters. The van der Waals surface area contributed by atoms with Crippen molar-refractivity contribution >= 4 is 76.7 Å². The van der Waals surface area contributed by atoms with E-state index >= 15 is 0 Å². The highest BCUT2D eigenvalue weighted by molar-refractivity contribution is 6.22. The number of nitrogens with zero attached hydrogens (tertiary/aromatic N) is 8. The van der Waals surface area contributed by atoms with Crippen molar-refractivity contribution in [3.8, 4) is 11.5 Å². The molecule has 0 aliphatic heterocycles. The molecule has 0 amide bonds. The van der Waals surface area contributed by atoms with Gasteiger partial charge >= 0.3 is 0 Å². The summed E-state index contributed by atoms with van der Waals surface area (Å²) in [7, 11) is 0. The lowest BCUT2D eigenvalue weighted by molar-refractivity contribution is 1.07. The van der Waals surface area contributed by atoms with Gasteiger partial charge in [-0.1, -0.05) is 54.6 Å². The van der Waals surface area contributed by atoms with Crippen LogP contribution in [-0.2, 0) is 0 Å². The minimum atomic E-state index is 0.650. The molecule has 216 valence electrons. The molecule has 5 aromatic heterocycles. The van der Waals surface area contributed by atoms with Gasteiger partial charge in [0.1, 0.15) is 33.1 Å². The van der Waals surface area contributed by atoms with Crippen LogP contribution in [0.1, 0.15) is 11.1 Å². The van der Waals surface area contributed by atoms with Gasteiger partial charge < -0.3 is 4.57 Å². The lowest BCUT2D eigenvalue weighted by atomic mass is 10.0. The normalized spacial score (nSPS) is 12.1. The van der Waals surface area contributed by atoms with Crippen molar-refractivity contribution in [3.05, 3.63) is 121 Å². The fourth-order valence-electron chi connectivity index (χ4n) is 7.37. The number of fused-ring (bicyclic) bond motifs is 12. The van der Waals surface area contributed by atoms with Crippen LogP contribution in [0.2, 0.25) is 0 Å². The average molecular weight is 593 g/mol. The molecule has 5 aromatic carbocycles. The third-order valence-corrected chi connectivity index (χ3v) is 9.23. The van der Waals surface area contributed by atoms with Crippen LogP contribution >= 0.6 is 0 Å². The van der Waals surface area contributed by atoms with Gasteiger partial charge in [0.05, 0.1) is 28.3 Å². The molecule has 8 nitrogen and oxygen atoms in total. The van der Waals surface area contributed by atoms with Crippen LogP contribution in [-0.4, -0.2) is 39.0 Å². The van der Waals surface area contributed by atoms with Crippen LogP contribution in [0.15, 0.2) is 110 Å². The number of aromatic nitrogens is 8. The van der Waals surface area contributed by atoms with Crippen molar-refractivity contribution in [3.63, 3.8) is 0 Å². The van der Waals surface area contributed by atoms with Gasteiger partial charge in [0.15, 0.2) is 5.82 Å². The summed E-state index contributed by atoms with van der Waals surface area (Å²) in [5.41, 5.74) is 12.0. The van der Waals surface area contributed by atoms with Crippen LogP contribution in [0, 0.1) is 13.8 Å². The quantitative estimate of drug-likeness (QED) is 0.188. The van der Waals surface area contributed by atoms with Crippen LogP contribution in [0.3, 0.4) is 0 Å². The summed E-state index contributed by atoms with van der Waals surface area (Å²) in [6, 6.07) is 28.1. The third-order valence-electron chi connectivity index (χ3n) is 9.23. The molecule has 46 heavy (non-hydrogen) atoms. The lowest BCUT2D eigenvalue weighted by Crippen LogP contribution is -2.03. The Kier molecular flexibility index (Phi) is 4.97. The fraction of sp³-hybridized carbons (Fsp3) is 0.0526. The first-order chi connectivity index (χ1) is 22.7. The molecule has 0 saturated heterocycles. The highest BCUT2D eigenvalue weighted by Crippen LogP contribution is 2.43. The van der Waals surface area contributed by atoms with Crippen LogP contribution in [0.25, 0.3) is 88.2 Å². The van der Waals surface area contributed by atoms with Gasteiger partial charge in [0.25, 0.3) is 0 Å². The Morgan fingerprint density at radius 2 is 1.13 bits per heavy atom. The molecule has 0 unspecified atom stereocenters. The Hall–Kier alpha value is -6.28. The monoisotopic (exact) mass is 592 g/mol. The number of benzene rings is 5. The van der Waals surface area contributed by atoms with Crippen LogP contribution in [0.5, 0.6) is 0 Å². The zero-order valence-corrected chi connectivity index (χ0v) is 25.0. The van der Waals surface area contributed by atoms with Crippen molar-refractivity contribution in [1.82, 2.24) is 39.0 Å². The number of aryl methyl sites for hydroxylation is 2. The predicted octanol–water partition coefficient (Wildman–Crippen LogP) is 8.33. The second-order valence-corrected chi connectivity index (χ2v) is 11.7. The maximum Gasteiger partial charge on any atom is 0.157 e. The van der Waals surface area contributed by atoms with Gasteiger partial charge in [-0.05, 0) is 49.2 Å². The van der Waals surface area contributed by atoms with Crippen LogP contribution in [0.4, 0.5) is 0 Å². The summed E-state index contributed by atoms with van der Waals surface area (Å²) in [5, 5.41) is 4.77. The zero-order valence-electron chi connectivity index (χ0n) is 25.0. The smallest absolute Gasteiger partial charge is 0.157 e. The van der Waals surface area contributed by atoms with Gasteiger partial charge in [0.2, 0.25) is 0 Å². The van der Waals surface area contributed by atoms with Crippen LogP contribution < -0.4 is 0 Å². The molecular weight excluding hydrogens is 568 g/mol. The molecule has 5 heterocycles. The summed E-state index contributed by atoms with van der Waals surface area (Å²) in [6.07, 6.45) is 8.56.